The minimum atomic E-state index is 0.290. The number of benzene rings is 1. The first kappa shape index (κ1) is 15.0. The number of hydrogen-bond donors (Lipinski definition) is 1. The van der Waals surface area contributed by atoms with Gasteiger partial charge in [-0.1, -0.05) is 31.2 Å². The summed E-state index contributed by atoms with van der Waals surface area (Å²) in [5.74, 6) is 0.583. The van der Waals surface area contributed by atoms with Crippen molar-refractivity contribution in [2.24, 2.45) is 0 Å². The highest BCUT2D eigenvalue weighted by atomic mass is 16.2. The number of hydrogen-bond acceptors (Lipinski definition) is 2. The van der Waals surface area contributed by atoms with Crippen molar-refractivity contribution in [2.75, 3.05) is 20.1 Å². The highest BCUT2D eigenvalue weighted by Gasteiger charge is 2.24. The molecule has 0 radical (unpaired) electrons. The van der Waals surface area contributed by atoms with Crippen LogP contribution >= 0.6 is 0 Å². The van der Waals surface area contributed by atoms with Crippen molar-refractivity contribution in [2.45, 2.75) is 45.1 Å². The van der Waals surface area contributed by atoms with Gasteiger partial charge in [0.25, 0.3) is 0 Å². The summed E-state index contributed by atoms with van der Waals surface area (Å²) in [6.07, 6.45) is 2.89. The van der Waals surface area contributed by atoms with E-state index < -0.39 is 0 Å². The van der Waals surface area contributed by atoms with Crippen LogP contribution < -0.4 is 5.32 Å². The summed E-state index contributed by atoms with van der Waals surface area (Å²) in [6, 6.07) is 8.83. The standard InChI is InChI=1S/C17H26N2O/c1-13-7-4-5-9-16(13)14(2)11-17(20)19-10-6-8-15(12-19)18-3/h4-5,7,9,14-15,18H,6,8,10-12H2,1-3H3/t14-,15-/m0/s1. The zero-order valence-electron chi connectivity index (χ0n) is 12.9. The Morgan fingerprint density at radius 2 is 2.20 bits per heavy atom. The van der Waals surface area contributed by atoms with E-state index in [9.17, 15) is 4.79 Å². The van der Waals surface area contributed by atoms with Crippen molar-refractivity contribution in [3.63, 3.8) is 0 Å². The Bertz CT molecular complexity index is 458. The van der Waals surface area contributed by atoms with E-state index in [0.29, 0.717) is 24.3 Å². The molecule has 0 spiro atoms. The molecule has 0 unspecified atom stereocenters. The lowest BCUT2D eigenvalue weighted by Crippen LogP contribution is -2.47. The average Bonchev–Trinajstić information content (AvgIpc) is 2.47. The molecule has 0 saturated carbocycles. The van der Waals surface area contributed by atoms with Crippen LogP contribution in [0.4, 0.5) is 0 Å². The maximum atomic E-state index is 12.5. The third-order valence-corrected chi connectivity index (χ3v) is 4.38. The van der Waals surface area contributed by atoms with Crippen LogP contribution in [-0.4, -0.2) is 37.0 Å². The van der Waals surface area contributed by atoms with Crippen LogP contribution in [0.3, 0.4) is 0 Å². The fraction of sp³-hybridized carbons (Fsp3) is 0.588. The summed E-state index contributed by atoms with van der Waals surface area (Å²) in [5, 5.41) is 3.29. The second-order valence-electron chi connectivity index (χ2n) is 5.93. The molecule has 20 heavy (non-hydrogen) atoms. The molecule has 1 aromatic rings. The number of nitrogens with one attached hydrogen (secondary N) is 1. The summed E-state index contributed by atoms with van der Waals surface area (Å²) in [4.78, 5) is 14.5. The molecule has 0 aliphatic carbocycles. The van der Waals surface area contributed by atoms with Gasteiger partial charge in [0.15, 0.2) is 0 Å². The third-order valence-electron chi connectivity index (χ3n) is 4.38. The van der Waals surface area contributed by atoms with Crippen molar-refractivity contribution in [1.82, 2.24) is 10.2 Å². The molecular formula is C17H26N2O. The number of aryl methyl sites for hydroxylation is 1. The number of carbonyl (C=O) groups excluding carboxylic acids is 1. The molecule has 1 aromatic carbocycles. The van der Waals surface area contributed by atoms with Gasteiger partial charge in [-0.2, -0.15) is 0 Å². The molecule has 1 fully saturated rings. The first-order valence-electron chi connectivity index (χ1n) is 7.62. The van der Waals surface area contributed by atoms with Crippen LogP contribution in [0, 0.1) is 6.92 Å². The normalized spacial score (nSPS) is 20.8. The van der Waals surface area contributed by atoms with E-state index in [2.05, 4.69) is 43.4 Å². The quantitative estimate of drug-likeness (QED) is 0.915. The molecule has 110 valence electrons. The van der Waals surface area contributed by atoms with Gasteiger partial charge in [-0.25, -0.2) is 0 Å². The number of amides is 1. The van der Waals surface area contributed by atoms with E-state index in [1.165, 1.54) is 17.5 Å². The molecule has 1 aliphatic heterocycles. The molecule has 1 heterocycles. The highest BCUT2D eigenvalue weighted by Crippen LogP contribution is 2.24. The lowest BCUT2D eigenvalue weighted by Gasteiger charge is -2.33. The van der Waals surface area contributed by atoms with E-state index in [1.807, 2.05) is 11.9 Å². The largest absolute Gasteiger partial charge is 0.341 e. The predicted octanol–water partition coefficient (Wildman–Crippen LogP) is 2.70. The van der Waals surface area contributed by atoms with Crippen LogP contribution in [0.5, 0.6) is 0 Å². The highest BCUT2D eigenvalue weighted by molar-refractivity contribution is 5.77. The SMILES string of the molecule is CN[C@H]1CCCN(C(=O)C[C@H](C)c2ccccc2C)C1. The van der Waals surface area contributed by atoms with Gasteiger partial charge in [-0.05, 0) is 43.9 Å². The molecule has 2 atom stereocenters. The molecule has 1 aliphatic rings. The van der Waals surface area contributed by atoms with Crippen LogP contribution in [0.25, 0.3) is 0 Å². The molecule has 2 rings (SSSR count). The summed E-state index contributed by atoms with van der Waals surface area (Å²) < 4.78 is 0. The summed E-state index contributed by atoms with van der Waals surface area (Å²) in [6.45, 7) is 6.04. The van der Waals surface area contributed by atoms with Gasteiger partial charge in [0.2, 0.25) is 5.91 Å². The minimum Gasteiger partial charge on any atom is -0.341 e. The second-order valence-corrected chi connectivity index (χ2v) is 5.93. The van der Waals surface area contributed by atoms with Crippen molar-refractivity contribution < 1.29 is 4.79 Å². The van der Waals surface area contributed by atoms with E-state index in [1.54, 1.807) is 0 Å². The number of nitrogens with zero attached hydrogens (tertiary/aromatic N) is 1. The maximum absolute atomic E-state index is 12.5. The molecule has 3 nitrogen and oxygen atoms in total. The molecule has 1 amide bonds. The monoisotopic (exact) mass is 274 g/mol. The molecule has 1 saturated heterocycles. The van der Waals surface area contributed by atoms with Gasteiger partial charge < -0.3 is 10.2 Å². The summed E-state index contributed by atoms with van der Waals surface area (Å²) >= 11 is 0. The maximum Gasteiger partial charge on any atom is 0.223 e. The van der Waals surface area contributed by atoms with Crippen molar-refractivity contribution in [3.8, 4) is 0 Å². The predicted molar refractivity (Wildman–Crippen MR) is 82.9 cm³/mol. The van der Waals surface area contributed by atoms with Gasteiger partial charge in [-0.15, -0.1) is 0 Å². The van der Waals surface area contributed by atoms with E-state index in [-0.39, 0.29) is 0 Å². The summed E-state index contributed by atoms with van der Waals surface area (Å²) in [5.41, 5.74) is 2.57. The number of likely N-dealkylation sites (N-methyl/N-ethyl adjacent to an activating group) is 1. The number of carbonyl (C=O) groups is 1. The number of likely N-dealkylation sites (tertiary alicyclic amines) is 1. The van der Waals surface area contributed by atoms with Gasteiger partial charge >= 0.3 is 0 Å². The Balaban J connectivity index is 1.95. The Morgan fingerprint density at radius 1 is 1.45 bits per heavy atom. The topological polar surface area (TPSA) is 32.3 Å². The van der Waals surface area contributed by atoms with Gasteiger partial charge in [0.1, 0.15) is 0 Å². The molecule has 3 heteroatoms. The van der Waals surface area contributed by atoms with Crippen molar-refractivity contribution in [3.05, 3.63) is 35.4 Å². The zero-order chi connectivity index (χ0) is 14.5. The Morgan fingerprint density at radius 3 is 2.90 bits per heavy atom. The van der Waals surface area contributed by atoms with Crippen LogP contribution in [-0.2, 0) is 4.79 Å². The molecular weight excluding hydrogens is 248 g/mol. The van der Waals surface area contributed by atoms with E-state index in [4.69, 9.17) is 0 Å². The second kappa shape index (κ2) is 6.89. The summed E-state index contributed by atoms with van der Waals surface area (Å²) in [7, 11) is 1.98. The van der Waals surface area contributed by atoms with Crippen molar-refractivity contribution in [1.29, 1.82) is 0 Å². The van der Waals surface area contributed by atoms with Crippen LogP contribution in [0.15, 0.2) is 24.3 Å². The lowest BCUT2D eigenvalue weighted by molar-refractivity contribution is -0.132. The average molecular weight is 274 g/mol. The Kier molecular flexibility index (Phi) is 5.18. The lowest BCUT2D eigenvalue weighted by atomic mass is 9.93. The Hall–Kier alpha value is -1.35. The minimum absolute atomic E-state index is 0.290. The van der Waals surface area contributed by atoms with E-state index >= 15 is 0 Å². The first-order valence-corrected chi connectivity index (χ1v) is 7.62. The van der Waals surface area contributed by atoms with Gasteiger partial charge in [0.05, 0.1) is 0 Å². The van der Waals surface area contributed by atoms with Crippen LogP contribution in [0.2, 0.25) is 0 Å². The zero-order valence-corrected chi connectivity index (χ0v) is 12.9. The first-order chi connectivity index (χ1) is 9.61. The molecule has 0 aromatic heterocycles. The molecule has 0 bridgehead atoms. The smallest absolute Gasteiger partial charge is 0.223 e. The molecule has 1 N–H and O–H groups in total. The number of rotatable bonds is 4. The fourth-order valence-electron chi connectivity index (χ4n) is 3.08. The van der Waals surface area contributed by atoms with E-state index in [0.717, 1.165) is 19.5 Å². The Labute approximate surface area is 122 Å². The van der Waals surface area contributed by atoms with Gasteiger partial charge in [0, 0.05) is 25.6 Å². The third kappa shape index (κ3) is 3.60. The van der Waals surface area contributed by atoms with Gasteiger partial charge in [-0.3, -0.25) is 4.79 Å². The number of piperidine rings is 1. The van der Waals surface area contributed by atoms with Crippen molar-refractivity contribution >= 4 is 5.91 Å². The van der Waals surface area contributed by atoms with Crippen LogP contribution in [0.1, 0.15) is 43.2 Å². The fourth-order valence-corrected chi connectivity index (χ4v) is 3.08.